The zero-order chi connectivity index (χ0) is 13.1. The van der Waals surface area contributed by atoms with Gasteiger partial charge in [-0.15, -0.1) is 0 Å². The van der Waals surface area contributed by atoms with E-state index in [2.05, 4.69) is 0 Å². The van der Waals surface area contributed by atoms with E-state index in [1.165, 1.54) is 0 Å². The second-order valence-electron chi connectivity index (χ2n) is 3.73. The predicted molar refractivity (Wildman–Crippen MR) is 68.1 cm³/mol. The summed E-state index contributed by atoms with van der Waals surface area (Å²) in [7, 11) is 1.63. The Morgan fingerprint density at radius 2 is 1.94 bits per heavy atom. The van der Waals surface area contributed by atoms with Gasteiger partial charge in [-0.2, -0.15) is 0 Å². The zero-order valence-corrected chi connectivity index (χ0v) is 10.8. The molecule has 0 saturated carbocycles. The minimum atomic E-state index is 0.207. The number of aliphatic hydroxyl groups is 1. The first-order chi connectivity index (χ1) is 8.86. The van der Waals surface area contributed by atoms with E-state index in [-0.39, 0.29) is 6.61 Å². The smallest absolute Gasteiger partial charge is 0.123 e. The average molecular weight is 256 g/mol. The lowest BCUT2D eigenvalue weighted by molar-refractivity contribution is -0.657. The Bertz CT molecular complexity index is 320. The normalized spacial score (nSPS) is 10.3. The van der Waals surface area contributed by atoms with Crippen molar-refractivity contribution in [1.82, 2.24) is 0 Å². The van der Waals surface area contributed by atoms with Crippen molar-refractivity contribution in [3.63, 3.8) is 0 Å². The summed E-state index contributed by atoms with van der Waals surface area (Å²) in [5.74, 6) is 1.57. The number of hydrogen-bond donors (Lipinski definition) is 2. The molecule has 5 heteroatoms. The van der Waals surface area contributed by atoms with E-state index in [0.717, 1.165) is 24.6 Å². The molecule has 0 amide bonds. The molecule has 1 aromatic rings. The molecule has 1 rings (SSSR count). The van der Waals surface area contributed by atoms with Crippen LogP contribution in [0.2, 0.25) is 0 Å². The van der Waals surface area contributed by atoms with E-state index < -0.39 is 0 Å². The molecule has 0 atom stereocenters. The molecule has 1 aromatic carbocycles. The van der Waals surface area contributed by atoms with Crippen LogP contribution in [0.4, 0.5) is 0 Å². The number of ether oxygens (including phenoxy) is 3. The van der Waals surface area contributed by atoms with Gasteiger partial charge < -0.3 is 24.6 Å². The summed E-state index contributed by atoms with van der Waals surface area (Å²) in [6.07, 6.45) is 0. The molecular weight excluding hydrogens is 234 g/mol. The van der Waals surface area contributed by atoms with Crippen LogP contribution in [0.15, 0.2) is 24.3 Å². The summed E-state index contributed by atoms with van der Waals surface area (Å²) in [5.41, 5.74) is 0. The lowest BCUT2D eigenvalue weighted by Gasteiger charge is -2.08. The number of aliphatic hydroxyl groups excluding tert-OH is 1. The Morgan fingerprint density at radius 3 is 2.72 bits per heavy atom. The molecule has 0 heterocycles. The number of methoxy groups -OCH3 is 1. The maximum absolute atomic E-state index is 8.57. The van der Waals surface area contributed by atoms with E-state index in [4.69, 9.17) is 19.3 Å². The molecule has 0 aromatic heterocycles. The van der Waals surface area contributed by atoms with Gasteiger partial charge in [-0.1, -0.05) is 6.07 Å². The molecule has 0 radical (unpaired) electrons. The second kappa shape index (κ2) is 9.70. The van der Waals surface area contributed by atoms with Gasteiger partial charge in [0.05, 0.1) is 40.0 Å². The number of benzene rings is 1. The number of rotatable bonds is 10. The fourth-order valence-corrected chi connectivity index (χ4v) is 1.41. The Hall–Kier alpha value is -1.30. The average Bonchev–Trinajstić information content (AvgIpc) is 2.42. The Morgan fingerprint density at radius 1 is 1.11 bits per heavy atom. The number of nitrogens with two attached hydrogens (primary N) is 1. The van der Waals surface area contributed by atoms with Crippen molar-refractivity contribution in [2.75, 3.05) is 46.6 Å². The summed E-state index contributed by atoms with van der Waals surface area (Å²) in [6, 6.07) is 7.49. The van der Waals surface area contributed by atoms with Crippen molar-refractivity contribution in [2.45, 2.75) is 0 Å². The predicted octanol–water partition coefficient (Wildman–Crippen LogP) is -0.354. The van der Waals surface area contributed by atoms with Gasteiger partial charge in [0.15, 0.2) is 0 Å². The van der Waals surface area contributed by atoms with Gasteiger partial charge in [0.1, 0.15) is 18.1 Å². The first-order valence-electron chi connectivity index (χ1n) is 6.14. The number of quaternary nitrogens is 1. The molecule has 102 valence electrons. The topological polar surface area (TPSA) is 64.5 Å². The molecule has 0 bridgehead atoms. The highest BCUT2D eigenvalue weighted by atomic mass is 16.5. The van der Waals surface area contributed by atoms with Crippen molar-refractivity contribution in [2.24, 2.45) is 0 Å². The van der Waals surface area contributed by atoms with Crippen molar-refractivity contribution >= 4 is 0 Å². The molecule has 0 fully saturated rings. The molecular formula is C13H22NO4+. The summed E-state index contributed by atoms with van der Waals surface area (Å²) < 4.78 is 16.0. The maximum atomic E-state index is 8.57. The molecule has 0 unspecified atom stereocenters. The summed E-state index contributed by atoms with van der Waals surface area (Å²) in [5, 5.41) is 10.6. The first kappa shape index (κ1) is 14.8. The van der Waals surface area contributed by atoms with Crippen LogP contribution >= 0.6 is 0 Å². The van der Waals surface area contributed by atoms with E-state index in [9.17, 15) is 0 Å². The highest BCUT2D eigenvalue weighted by Gasteiger charge is 1.97. The Kier molecular flexibility index (Phi) is 7.96. The van der Waals surface area contributed by atoms with Crippen molar-refractivity contribution < 1.29 is 24.6 Å². The van der Waals surface area contributed by atoms with Crippen LogP contribution in [0, 0.1) is 0 Å². The third kappa shape index (κ3) is 6.44. The molecule has 5 nitrogen and oxygen atoms in total. The standard InChI is InChI=1S/C13H21NO4/c1-16-12-3-2-4-13(11-12)18-10-9-17-8-6-14-5-7-15/h2-4,11,14-15H,5-10H2,1H3/p+1. The lowest BCUT2D eigenvalue weighted by atomic mass is 10.3. The Labute approximate surface area is 108 Å². The molecule has 0 aliphatic rings. The highest BCUT2D eigenvalue weighted by Crippen LogP contribution is 2.18. The molecule has 0 spiro atoms. The second-order valence-corrected chi connectivity index (χ2v) is 3.73. The van der Waals surface area contributed by atoms with Gasteiger partial charge in [-0.05, 0) is 12.1 Å². The largest absolute Gasteiger partial charge is 0.497 e. The van der Waals surface area contributed by atoms with Crippen molar-refractivity contribution in [1.29, 1.82) is 0 Å². The van der Waals surface area contributed by atoms with E-state index in [1.54, 1.807) is 7.11 Å². The zero-order valence-electron chi connectivity index (χ0n) is 10.8. The third-order valence-electron chi connectivity index (χ3n) is 2.34. The number of hydrogen-bond acceptors (Lipinski definition) is 4. The summed E-state index contributed by atoms with van der Waals surface area (Å²) in [6.45, 7) is 3.54. The monoisotopic (exact) mass is 256 g/mol. The van der Waals surface area contributed by atoms with Gasteiger partial charge in [0, 0.05) is 6.07 Å². The van der Waals surface area contributed by atoms with Crippen LogP contribution in [-0.2, 0) is 4.74 Å². The molecule has 0 aliphatic heterocycles. The quantitative estimate of drug-likeness (QED) is 0.561. The molecule has 18 heavy (non-hydrogen) atoms. The van der Waals surface area contributed by atoms with E-state index in [1.807, 2.05) is 29.6 Å². The van der Waals surface area contributed by atoms with Gasteiger partial charge in [0.2, 0.25) is 0 Å². The molecule has 3 N–H and O–H groups in total. The van der Waals surface area contributed by atoms with Crippen molar-refractivity contribution in [3.05, 3.63) is 24.3 Å². The minimum absolute atomic E-state index is 0.207. The third-order valence-corrected chi connectivity index (χ3v) is 2.34. The highest BCUT2D eigenvalue weighted by molar-refractivity contribution is 5.32. The van der Waals surface area contributed by atoms with E-state index >= 15 is 0 Å². The summed E-state index contributed by atoms with van der Waals surface area (Å²) >= 11 is 0. The SMILES string of the molecule is COc1cccc(OCCOCC[NH2+]CCO)c1. The summed E-state index contributed by atoms with van der Waals surface area (Å²) in [4.78, 5) is 0. The fraction of sp³-hybridized carbons (Fsp3) is 0.538. The Balaban J connectivity index is 2.03. The maximum Gasteiger partial charge on any atom is 0.123 e. The van der Waals surface area contributed by atoms with Gasteiger partial charge in [-0.3, -0.25) is 0 Å². The molecule has 0 aliphatic carbocycles. The van der Waals surface area contributed by atoms with Crippen LogP contribution in [0.5, 0.6) is 11.5 Å². The van der Waals surface area contributed by atoms with Crippen molar-refractivity contribution in [3.8, 4) is 11.5 Å². The fourth-order valence-electron chi connectivity index (χ4n) is 1.41. The van der Waals surface area contributed by atoms with Gasteiger partial charge in [-0.25, -0.2) is 0 Å². The first-order valence-corrected chi connectivity index (χ1v) is 6.14. The van der Waals surface area contributed by atoms with Crippen LogP contribution in [0.1, 0.15) is 0 Å². The lowest BCUT2D eigenvalue weighted by Crippen LogP contribution is -2.86. The molecule has 0 saturated heterocycles. The van der Waals surface area contributed by atoms with Crippen LogP contribution < -0.4 is 14.8 Å². The van der Waals surface area contributed by atoms with Gasteiger partial charge >= 0.3 is 0 Å². The van der Waals surface area contributed by atoms with Crippen LogP contribution in [-0.4, -0.2) is 51.7 Å². The van der Waals surface area contributed by atoms with Crippen LogP contribution in [0.25, 0.3) is 0 Å². The van der Waals surface area contributed by atoms with Gasteiger partial charge in [0.25, 0.3) is 0 Å². The minimum Gasteiger partial charge on any atom is -0.497 e. The van der Waals surface area contributed by atoms with E-state index in [0.29, 0.717) is 19.8 Å². The van der Waals surface area contributed by atoms with Crippen LogP contribution in [0.3, 0.4) is 0 Å².